The lowest BCUT2D eigenvalue weighted by molar-refractivity contribution is 0.0948. The molecule has 1 N–H and O–H groups in total. The zero-order chi connectivity index (χ0) is 15.6. The first kappa shape index (κ1) is 15.4. The maximum Gasteiger partial charge on any atom is 0.293 e. The summed E-state index contributed by atoms with van der Waals surface area (Å²) < 4.78 is 17.0. The van der Waals surface area contributed by atoms with Crippen molar-refractivity contribution in [3.05, 3.63) is 33.6 Å². The summed E-state index contributed by atoms with van der Waals surface area (Å²) in [6, 6.07) is 0. The molecule has 0 aliphatic carbocycles. The van der Waals surface area contributed by atoms with Crippen LogP contribution in [0.15, 0.2) is 15.8 Å². The first-order chi connectivity index (χ1) is 9.93. The lowest BCUT2D eigenvalue weighted by Gasteiger charge is -1.96. The van der Waals surface area contributed by atoms with Crippen LogP contribution in [0.5, 0.6) is 0 Å². The van der Waals surface area contributed by atoms with Gasteiger partial charge in [0, 0.05) is 19.8 Å². The highest BCUT2D eigenvalue weighted by Crippen LogP contribution is 2.14. The number of amides is 1. The Morgan fingerprint density at radius 1 is 1.57 bits per heavy atom. The Hall–Kier alpha value is -2.03. The topological polar surface area (TPSA) is 77.1 Å². The zero-order valence-electron chi connectivity index (χ0n) is 11.8. The Bertz CT molecular complexity index is 705. The van der Waals surface area contributed by atoms with Crippen molar-refractivity contribution in [3.63, 3.8) is 0 Å². The molecule has 0 saturated heterocycles. The molecule has 2 rings (SSSR count). The summed E-state index contributed by atoms with van der Waals surface area (Å²) in [5.74, 6) is -0.991. The van der Waals surface area contributed by atoms with Gasteiger partial charge in [-0.2, -0.15) is 19.7 Å². The summed E-state index contributed by atoms with van der Waals surface area (Å²) in [5.41, 5.74) is 3.25. The van der Waals surface area contributed by atoms with Gasteiger partial charge < -0.3 is 0 Å². The van der Waals surface area contributed by atoms with Gasteiger partial charge in [0.2, 0.25) is 5.95 Å². The van der Waals surface area contributed by atoms with Crippen LogP contribution in [0.2, 0.25) is 0 Å². The van der Waals surface area contributed by atoms with Gasteiger partial charge in [0.25, 0.3) is 5.91 Å². The molecule has 0 radical (unpaired) electrons. The minimum absolute atomic E-state index is 0.220. The lowest BCUT2D eigenvalue weighted by atomic mass is 10.3. The number of aromatic nitrogens is 4. The van der Waals surface area contributed by atoms with Crippen LogP contribution in [0.1, 0.15) is 28.7 Å². The molecule has 1 amide bonds. The van der Waals surface area contributed by atoms with Crippen molar-refractivity contribution in [2.45, 2.75) is 20.4 Å². The molecule has 0 bridgehead atoms. The SMILES string of the molecule is CCn1cc(Br)c(C(=O)N/N=C\c2c(C)nn(C)c2F)n1. The van der Waals surface area contributed by atoms with E-state index >= 15 is 0 Å². The molecule has 0 saturated carbocycles. The summed E-state index contributed by atoms with van der Waals surface area (Å²) in [7, 11) is 1.49. The molecule has 0 aromatic carbocycles. The molecular formula is C12H14BrFN6O. The van der Waals surface area contributed by atoms with Gasteiger partial charge in [-0.15, -0.1) is 0 Å². The smallest absolute Gasteiger partial charge is 0.271 e. The van der Waals surface area contributed by atoms with Crippen molar-refractivity contribution in [1.29, 1.82) is 0 Å². The highest BCUT2D eigenvalue weighted by Gasteiger charge is 2.15. The average Bonchev–Trinajstić information content (AvgIpc) is 2.93. The minimum atomic E-state index is -0.512. The van der Waals surface area contributed by atoms with Crippen molar-refractivity contribution < 1.29 is 9.18 Å². The van der Waals surface area contributed by atoms with E-state index in [9.17, 15) is 9.18 Å². The summed E-state index contributed by atoms with van der Waals surface area (Å²) >= 11 is 3.25. The van der Waals surface area contributed by atoms with Gasteiger partial charge in [0.05, 0.1) is 21.9 Å². The van der Waals surface area contributed by atoms with Crippen LogP contribution in [0, 0.1) is 12.9 Å². The number of nitrogens with zero attached hydrogens (tertiary/aromatic N) is 5. The molecular weight excluding hydrogens is 343 g/mol. The Labute approximate surface area is 129 Å². The first-order valence-corrected chi connectivity index (χ1v) is 6.98. The molecule has 0 aliphatic rings. The zero-order valence-corrected chi connectivity index (χ0v) is 13.3. The maximum atomic E-state index is 13.7. The van der Waals surface area contributed by atoms with E-state index in [1.807, 2.05) is 6.92 Å². The molecule has 21 heavy (non-hydrogen) atoms. The minimum Gasteiger partial charge on any atom is -0.271 e. The Balaban J connectivity index is 2.10. The lowest BCUT2D eigenvalue weighted by Crippen LogP contribution is -2.19. The first-order valence-electron chi connectivity index (χ1n) is 6.19. The largest absolute Gasteiger partial charge is 0.293 e. The summed E-state index contributed by atoms with van der Waals surface area (Å²) in [5, 5.41) is 11.7. The molecule has 0 unspecified atom stereocenters. The fraction of sp³-hybridized carbons (Fsp3) is 0.333. The summed E-state index contributed by atoms with van der Waals surface area (Å²) in [6.45, 7) is 4.22. The molecule has 0 fully saturated rings. The number of aryl methyl sites for hydroxylation is 3. The van der Waals surface area contributed by atoms with E-state index in [1.54, 1.807) is 17.8 Å². The predicted molar refractivity (Wildman–Crippen MR) is 78.6 cm³/mol. The van der Waals surface area contributed by atoms with E-state index in [0.717, 1.165) is 4.68 Å². The third-order valence-electron chi connectivity index (χ3n) is 2.81. The fourth-order valence-corrected chi connectivity index (χ4v) is 2.21. The van der Waals surface area contributed by atoms with Gasteiger partial charge >= 0.3 is 0 Å². The van der Waals surface area contributed by atoms with Crippen molar-refractivity contribution in [2.75, 3.05) is 0 Å². The highest BCUT2D eigenvalue weighted by molar-refractivity contribution is 9.10. The number of hydrazone groups is 1. The normalized spacial score (nSPS) is 11.3. The third kappa shape index (κ3) is 3.18. The second-order valence-electron chi connectivity index (χ2n) is 4.29. The van der Waals surface area contributed by atoms with Crippen LogP contribution in [0.4, 0.5) is 4.39 Å². The molecule has 9 heteroatoms. The number of nitrogens with one attached hydrogen (secondary N) is 1. The van der Waals surface area contributed by atoms with Crippen molar-refractivity contribution in [2.24, 2.45) is 12.1 Å². The van der Waals surface area contributed by atoms with Crippen molar-refractivity contribution in [1.82, 2.24) is 25.0 Å². The molecule has 2 aromatic rings. The van der Waals surface area contributed by atoms with E-state index in [1.165, 1.54) is 13.3 Å². The Morgan fingerprint density at radius 2 is 2.29 bits per heavy atom. The maximum absolute atomic E-state index is 13.7. The molecule has 112 valence electrons. The van der Waals surface area contributed by atoms with Crippen LogP contribution in [-0.2, 0) is 13.6 Å². The Kier molecular flexibility index (Phi) is 4.51. The van der Waals surface area contributed by atoms with E-state index in [-0.39, 0.29) is 11.3 Å². The van der Waals surface area contributed by atoms with Crippen LogP contribution in [0.25, 0.3) is 0 Å². The number of carbonyl (C=O) groups excluding carboxylic acids is 1. The third-order valence-corrected chi connectivity index (χ3v) is 3.39. The second kappa shape index (κ2) is 6.17. The molecule has 0 atom stereocenters. The van der Waals surface area contributed by atoms with E-state index in [0.29, 0.717) is 16.7 Å². The van der Waals surface area contributed by atoms with Crippen LogP contribution >= 0.6 is 15.9 Å². The average molecular weight is 357 g/mol. The number of hydrogen-bond donors (Lipinski definition) is 1. The van der Waals surface area contributed by atoms with Crippen LogP contribution < -0.4 is 5.43 Å². The standard InChI is InChI=1S/C12H14BrFN6O/c1-4-20-6-9(13)10(18-20)12(21)16-15-5-8-7(2)17-19(3)11(8)14/h5-6H,4H2,1-3H3,(H,16,21)/b15-5-. The van der Waals surface area contributed by atoms with Gasteiger partial charge in [-0.25, -0.2) is 10.1 Å². The molecule has 0 spiro atoms. The van der Waals surface area contributed by atoms with E-state index in [2.05, 4.69) is 36.7 Å². The van der Waals surface area contributed by atoms with E-state index in [4.69, 9.17) is 0 Å². The van der Waals surface area contributed by atoms with Gasteiger partial charge in [0.1, 0.15) is 0 Å². The fourth-order valence-electron chi connectivity index (χ4n) is 1.71. The van der Waals surface area contributed by atoms with Crippen LogP contribution in [0.3, 0.4) is 0 Å². The van der Waals surface area contributed by atoms with Gasteiger partial charge in [-0.05, 0) is 29.8 Å². The van der Waals surface area contributed by atoms with E-state index < -0.39 is 11.9 Å². The van der Waals surface area contributed by atoms with Crippen molar-refractivity contribution in [3.8, 4) is 0 Å². The summed E-state index contributed by atoms with van der Waals surface area (Å²) in [4.78, 5) is 11.9. The summed E-state index contributed by atoms with van der Waals surface area (Å²) in [6.07, 6.45) is 2.92. The molecule has 2 heterocycles. The quantitative estimate of drug-likeness (QED) is 0.667. The van der Waals surface area contributed by atoms with Gasteiger partial charge in [-0.3, -0.25) is 9.48 Å². The monoisotopic (exact) mass is 356 g/mol. The van der Waals surface area contributed by atoms with Gasteiger partial charge in [-0.1, -0.05) is 0 Å². The van der Waals surface area contributed by atoms with Crippen molar-refractivity contribution >= 4 is 28.1 Å². The number of carbonyl (C=O) groups is 1. The van der Waals surface area contributed by atoms with Crippen LogP contribution in [-0.4, -0.2) is 31.7 Å². The number of hydrogen-bond acceptors (Lipinski definition) is 4. The molecule has 0 aliphatic heterocycles. The molecule has 7 nitrogen and oxygen atoms in total. The molecule has 2 aromatic heterocycles. The Morgan fingerprint density at radius 3 is 2.81 bits per heavy atom. The predicted octanol–water partition coefficient (Wildman–Crippen LogP) is 1.61. The number of rotatable bonds is 4. The second-order valence-corrected chi connectivity index (χ2v) is 5.15. The highest BCUT2D eigenvalue weighted by atomic mass is 79.9. The van der Waals surface area contributed by atoms with Gasteiger partial charge in [0.15, 0.2) is 5.69 Å². The number of halogens is 2.